The normalized spacial score (nSPS) is 11.7. The Balaban J connectivity index is 2.56. The van der Waals surface area contributed by atoms with E-state index in [-0.39, 0.29) is 17.9 Å². The van der Waals surface area contributed by atoms with Gasteiger partial charge in [0.15, 0.2) is 0 Å². The minimum atomic E-state index is -3.48. The summed E-state index contributed by atoms with van der Waals surface area (Å²) in [7, 11) is -3.48. The standard InChI is InChI=1S/C11H14ClF2NO2S/c12-5-1-2-6-18(16,17)15-8-9-7-10(13)3-4-11(9)14/h3-4,7,15H,1-2,5-6,8H2. The second-order valence-electron chi connectivity index (χ2n) is 3.77. The fraction of sp³-hybridized carbons (Fsp3) is 0.455. The Morgan fingerprint density at radius 2 is 1.94 bits per heavy atom. The maximum Gasteiger partial charge on any atom is 0.211 e. The van der Waals surface area contributed by atoms with Crippen LogP contribution in [0.1, 0.15) is 18.4 Å². The van der Waals surface area contributed by atoms with Crippen molar-refractivity contribution in [3.63, 3.8) is 0 Å². The van der Waals surface area contributed by atoms with Crippen molar-refractivity contribution in [2.45, 2.75) is 19.4 Å². The van der Waals surface area contributed by atoms with Gasteiger partial charge >= 0.3 is 0 Å². The first-order valence-corrected chi connectivity index (χ1v) is 7.60. The molecule has 0 bridgehead atoms. The third kappa shape index (κ3) is 5.29. The zero-order valence-electron chi connectivity index (χ0n) is 9.63. The lowest BCUT2D eigenvalue weighted by molar-refractivity contribution is 0.565. The molecule has 0 saturated carbocycles. The topological polar surface area (TPSA) is 46.2 Å². The molecule has 0 atom stereocenters. The average Bonchev–Trinajstić information content (AvgIpc) is 2.31. The van der Waals surface area contributed by atoms with Crippen molar-refractivity contribution in [3.05, 3.63) is 35.4 Å². The Bertz CT molecular complexity index is 494. The molecule has 0 fully saturated rings. The fourth-order valence-electron chi connectivity index (χ4n) is 1.33. The third-order valence-corrected chi connectivity index (χ3v) is 3.96. The Kier molecular flexibility index (Phi) is 5.98. The van der Waals surface area contributed by atoms with Crippen molar-refractivity contribution < 1.29 is 17.2 Å². The van der Waals surface area contributed by atoms with E-state index < -0.39 is 21.7 Å². The predicted octanol–water partition coefficient (Wildman–Crippen LogP) is 2.40. The largest absolute Gasteiger partial charge is 0.212 e. The van der Waals surface area contributed by atoms with Crippen molar-refractivity contribution in [1.29, 1.82) is 0 Å². The van der Waals surface area contributed by atoms with Gasteiger partial charge in [-0.1, -0.05) is 0 Å². The first-order valence-electron chi connectivity index (χ1n) is 5.42. The van der Waals surface area contributed by atoms with Crippen molar-refractivity contribution >= 4 is 21.6 Å². The van der Waals surface area contributed by atoms with Gasteiger partial charge in [-0.25, -0.2) is 21.9 Å². The molecule has 102 valence electrons. The van der Waals surface area contributed by atoms with Crippen LogP contribution in [-0.2, 0) is 16.6 Å². The van der Waals surface area contributed by atoms with Gasteiger partial charge in [0, 0.05) is 18.0 Å². The molecule has 0 aliphatic carbocycles. The molecule has 7 heteroatoms. The predicted molar refractivity (Wildman–Crippen MR) is 66.9 cm³/mol. The summed E-state index contributed by atoms with van der Waals surface area (Å²) in [6, 6.07) is 2.91. The number of hydrogen-bond acceptors (Lipinski definition) is 2. The summed E-state index contributed by atoms with van der Waals surface area (Å²) >= 11 is 5.44. The van der Waals surface area contributed by atoms with Crippen LogP contribution in [0.4, 0.5) is 8.78 Å². The highest BCUT2D eigenvalue weighted by Gasteiger charge is 2.11. The van der Waals surface area contributed by atoms with Gasteiger partial charge in [0.25, 0.3) is 0 Å². The zero-order valence-corrected chi connectivity index (χ0v) is 11.2. The van der Waals surface area contributed by atoms with Gasteiger partial charge in [-0.3, -0.25) is 0 Å². The van der Waals surface area contributed by atoms with E-state index in [0.29, 0.717) is 18.7 Å². The molecular weight excluding hydrogens is 284 g/mol. The molecule has 0 aliphatic heterocycles. The second kappa shape index (κ2) is 7.01. The second-order valence-corrected chi connectivity index (χ2v) is 6.08. The summed E-state index contributed by atoms with van der Waals surface area (Å²) in [5, 5.41) is 0. The monoisotopic (exact) mass is 297 g/mol. The molecule has 0 radical (unpaired) electrons. The lowest BCUT2D eigenvalue weighted by atomic mass is 10.2. The smallest absolute Gasteiger partial charge is 0.211 e. The zero-order chi connectivity index (χ0) is 13.6. The summed E-state index contributed by atoms with van der Waals surface area (Å²) < 4.78 is 51.3. The average molecular weight is 298 g/mol. The third-order valence-electron chi connectivity index (χ3n) is 2.29. The maximum absolute atomic E-state index is 13.2. The number of nitrogens with one attached hydrogen (secondary N) is 1. The van der Waals surface area contributed by atoms with Crippen LogP contribution in [0.2, 0.25) is 0 Å². The molecule has 0 aromatic heterocycles. The molecule has 1 rings (SSSR count). The van der Waals surface area contributed by atoms with Crippen LogP contribution in [0.5, 0.6) is 0 Å². The van der Waals surface area contributed by atoms with E-state index in [1.807, 2.05) is 0 Å². The first kappa shape index (κ1) is 15.3. The Hall–Kier alpha value is -0.720. The molecule has 1 aromatic rings. The van der Waals surface area contributed by atoms with E-state index in [1.165, 1.54) is 0 Å². The van der Waals surface area contributed by atoms with Crippen LogP contribution in [0.3, 0.4) is 0 Å². The van der Waals surface area contributed by atoms with E-state index in [9.17, 15) is 17.2 Å². The highest BCUT2D eigenvalue weighted by molar-refractivity contribution is 7.89. The lowest BCUT2D eigenvalue weighted by Crippen LogP contribution is -2.26. The minimum absolute atomic E-state index is 0.0177. The minimum Gasteiger partial charge on any atom is -0.212 e. The van der Waals surface area contributed by atoms with E-state index in [1.54, 1.807) is 0 Å². The van der Waals surface area contributed by atoms with Crippen LogP contribution in [0.25, 0.3) is 0 Å². The number of halogens is 3. The molecule has 0 aliphatic rings. The fourth-order valence-corrected chi connectivity index (χ4v) is 2.62. The van der Waals surface area contributed by atoms with E-state index >= 15 is 0 Å². The molecule has 18 heavy (non-hydrogen) atoms. The summed E-state index contributed by atoms with van der Waals surface area (Å²) in [5.41, 5.74) is -0.0177. The van der Waals surface area contributed by atoms with Gasteiger partial charge in [-0.2, -0.15) is 0 Å². The van der Waals surface area contributed by atoms with Gasteiger partial charge in [0.2, 0.25) is 10.0 Å². The summed E-state index contributed by atoms with van der Waals surface area (Å²) in [6.07, 6.45) is 1.03. The van der Waals surface area contributed by atoms with Crippen molar-refractivity contribution in [3.8, 4) is 0 Å². The molecule has 1 N–H and O–H groups in total. The molecule has 0 saturated heterocycles. The molecule has 0 amide bonds. The Morgan fingerprint density at radius 1 is 1.22 bits per heavy atom. The highest BCUT2D eigenvalue weighted by atomic mass is 35.5. The number of sulfonamides is 1. The van der Waals surface area contributed by atoms with Crippen molar-refractivity contribution in [1.82, 2.24) is 4.72 Å². The van der Waals surface area contributed by atoms with Gasteiger partial charge < -0.3 is 0 Å². The highest BCUT2D eigenvalue weighted by Crippen LogP contribution is 2.09. The van der Waals surface area contributed by atoms with Gasteiger partial charge in [0.1, 0.15) is 11.6 Å². The van der Waals surface area contributed by atoms with Crippen molar-refractivity contribution in [2.75, 3.05) is 11.6 Å². The van der Waals surface area contributed by atoms with Crippen LogP contribution in [-0.4, -0.2) is 20.1 Å². The molecule has 1 aromatic carbocycles. The number of hydrogen-bond donors (Lipinski definition) is 1. The van der Waals surface area contributed by atoms with Crippen LogP contribution >= 0.6 is 11.6 Å². The van der Waals surface area contributed by atoms with E-state index in [0.717, 1.165) is 18.2 Å². The Labute approximate surface area is 110 Å². The maximum atomic E-state index is 13.2. The quantitative estimate of drug-likeness (QED) is 0.620. The van der Waals surface area contributed by atoms with Gasteiger partial charge in [-0.15, -0.1) is 11.6 Å². The SMILES string of the molecule is O=S(=O)(CCCCCl)NCc1cc(F)ccc1F. The summed E-state index contributed by atoms with van der Waals surface area (Å²) in [5.74, 6) is -0.919. The summed E-state index contributed by atoms with van der Waals surface area (Å²) in [4.78, 5) is 0. The van der Waals surface area contributed by atoms with Gasteiger partial charge in [0.05, 0.1) is 5.75 Å². The lowest BCUT2D eigenvalue weighted by Gasteiger charge is -2.07. The van der Waals surface area contributed by atoms with Gasteiger partial charge in [-0.05, 0) is 31.0 Å². The number of unbranched alkanes of at least 4 members (excludes halogenated alkanes) is 1. The van der Waals surface area contributed by atoms with Crippen molar-refractivity contribution in [2.24, 2.45) is 0 Å². The number of benzene rings is 1. The Morgan fingerprint density at radius 3 is 2.61 bits per heavy atom. The van der Waals surface area contributed by atoms with Crippen LogP contribution in [0.15, 0.2) is 18.2 Å². The molecule has 0 spiro atoms. The van der Waals surface area contributed by atoms with Crippen LogP contribution < -0.4 is 4.72 Å². The van der Waals surface area contributed by atoms with Crippen LogP contribution in [0, 0.1) is 11.6 Å². The number of alkyl halides is 1. The van der Waals surface area contributed by atoms with E-state index in [2.05, 4.69) is 4.72 Å². The summed E-state index contributed by atoms with van der Waals surface area (Å²) in [6.45, 7) is -0.257. The first-order chi connectivity index (χ1) is 8.44. The number of rotatable bonds is 7. The molecule has 3 nitrogen and oxygen atoms in total. The molecule has 0 unspecified atom stereocenters. The molecule has 0 heterocycles. The molecular formula is C11H14ClF2NO2S. The van der Waals surface area contributed by atoms with E-state index in [4.69, 9.17) is 11.6 Å².